The summed E-state index contributed by atoms with van der Waals surface area (Å²) in [7, 11) is 0. The van der Waals surface area contributed by atoms with Crippen LogP contribution in [0.3, 0.4) is 0 Å². The van der Waals surface area contributed by atoms with E-state index in [1.54, 1.807) is 0 Å². The van der Waals surface area contributed by atoms with E-state index in [-0.39, 0.29) is 0 Å². The van der Waals surface area contributed by atoms with Crippen molar-refractivity contribution in [1.29, 1.82) is 0 Å². The van der Waals surface area contributed by atoms with Crippen molar-refractivity contribution < 1.29 is 0 Å². The molecule has 1 heterocycles. The molecule has 0 aliphatic rings. The maximum Gasteiger partial charge on any atom is 0.0682 e. The van der Waals surface area contributed by atoms with Crippen molar-refractivity contribution in [2.75, 3.05) is 5.33 Å². The molecule has 1 aromatic carbocycles. The van der Waals surface area contributed by atoms with E-state index in [1.165, 1.54) is 11.1 Å². The number of benzene rings is 1. The predicted molar refractivity (Wildman–Crippen MR) is 61.5 cm³/mol. The number of aromatic nitrogens is 2. The molecule has 0 amide bonds. The zero-order valence-corrected chi connectivity index (χ0v) is 9.29. The summed E-state index contributed by atoms with van der Waals surface area (Å²) in [6, 6.07) is 10.3. The van der Waals surface area contributed by atoms with Gasteiger partial charge in [-0.2, -0.15) is 5.10 Å². The second kappa shape index (κ2) is 4.42. The Bertz CT molecular complexity index is 395. The molecule has 1 N–H and O–H groups in total. The summed E-state index contributed by atoms with van der Waals surface area (Å²) in [5.41, 5.74) is 3.58. The average molecular weight is 251 g/mol. The monoisotopic (exact) mass is 250 g/mol. The molecule has 0 unspecified atom stereocenters. The van der Waals surface area contributed by atoms with Gasteiger partial charge < -0.3 is 0 Å². The summed E-state index contributed by atoms with van der Waals surface area (Å²) in [6.07, 6.45) is 2.89. The van der Waals surface area contributed by atoms with Crippen molar-refractivity contribution in [3.63, 3.8) is 0 Å². The fourth-order valence-electron chi connectivity index (χ4n) is 1.46. The van der Waals surface area contributed by atoms with E-state index >= 15 is 0 Å². The number of aryl methyl sites for hydroxylation is 1. The van der Waals surface area contributed by atoms with Gasteiger partial charge in [0.1, 0.15) is 0 Å². The first-order valence-electron chi connectivity index (χ1n) is 4.55. The molecular weight excluding hydrogens is 240 g/mol. The van der Waals surface area contributed by atoms with Crippen LogP contribution >= 0.6 is 15.9 Å². The number of alkyl halides is 1. The fourth-order valence-corrected chi connectivity index (χ4v) is 1.88. The van der Waals surface area contributed by atoms with Gasteiger partial charge in [0, 0.05) is 5.33 Å². The summed E-state index contributed by atoms with van der Waals surface area (Å²) in [6.45, 7) is 0. The lowest BCUT2D eigenvalue weighted by atomic mass is 10.1. The molecule has 0 fully saturated rings. The van der Waals surface area contributed by atoms with Gasteiger partial charge >= 0.3 is 0 Å². The van der Waals surface area contributed by atoms with Gasteiger partial charge in [0.25, 0.3) is 0 Å². The molecule has 2 rings (SSSR count). The molecule has 0 aliphatic carbocycles. The zero-order valence-electron chi connectivity index (χ0n) is 7.70. The van der Waals surface area contributed by atoms with Crippen LogP contribution in [0, 0.1) is 0 Å². The van der Waals surface area contributed by atoms with Crippen molar-refractivity contribution >= 4 is 15.9 Å². The summed E-state index contributed by atoms with van der Waals surface area (Å²) in [5, 5.41) is 8.07. The number of aromatic amines is 1. The third kappa shape index (κ3) is 1.87. The lowest BCUT2D eigenvalue weighted by Crippen LogP contribution is -1.87. The van der Waals surface area contributed by atoms with E-state index in [0.717, 1.165) is 17.4 Å². The van der Waals surface area contributed by atoms with Gasteiger partial charge in [0.05, 0.1) is 11.9 Å². The van der Waals surface area contributed by atoms with E-state index < -0.39 is 0 Å². The number of H-pyrrole nitrogens is 1. The summed E-state index contributed by atoms with van der Waals surface area (Å²) >= 11 is 3.44. The van der Waals surface area contributed by atoms with Gasteiger partial charge in [-0.1, -0.05) is 46.3 Å². The van der Waals surface area contributed by atoms with Crippen LogP contribution in [-0.2, 0) is 6.42 Å². The lowest BCUT2D eigenvalue weighted by Gasteiger charge is -2.00. The number of hydrogen-bond donors (Lipinski definition) is 1. The molecule has 14 heavy (non-hydrogen) atoms. The highest BCUT2D eigenvalue weighted by atomic mass is 79.9. The molecule has 2 nitrogen and oxygen atoms in total. The number of rotatable bonds is 3. The topological polar surface area (TPSA) is 28.7 Å². The average Bonchev–Trinajstić information content (AvgIpc) is 2.68. The Labute approximate surface area is 91.5 Å². The SMILES string of the molecule is BrCCc1cn[nH]c1-c1ccccc1. The summed E-state index contributed by atoms with van der Waals surface area (Å²) < 4.78 is 0. The van der Waals surface area contributed by atoms with Crippen LogP contribution < -0.4 is 0 Å². The largest absolute Gasteiger partial charge is 0.278 e. The van der Waals surface area contributed by atoms with E-state index in [2.05, 4.69) is 38.3 Å². The van der Waals surface area contributed by atoms with Crippen molar-refractivity contribution in [2.45, 2.75) is 6.42 Å². The minimum absolute atomic E-state index is 0.965. The molecule has 0 bridgehead atoms. The minimum Gasteiger partial charge on any atom is -0.278 e. The third-order valence-corrected chi connectivity index (χ3v) is 2.54. The Morgan fingerprint density at radius 2 is 2.00 bits per heavy atom. The second-order valence-corrected chi connectivity index (χ2v) is 3.87. The van der Waals surface area contributed by atoms with Gasteiger partial charge in [-0.05, 0) is 17.5 Å². The van der Waals surface area contributed by atoms with Crippen molar-refractivity contribution in [1.82, 2.24) is 10.2 Å². The van der Waals surface area contributed by atoms with E-state index in [1.807, 2.05) is 24.4 Å². The van der Waals surface area contributed by atoms with Gasteiger partial charge in [0.2, 0.25) is 0 Å². The molecule has 3 heteroatoms. The fraction of sp³-hybridized carbons (Fsp3) is 0.182. The predicted octanol–water partition coefficient (Wildman–Crippen LogP) is 3.01. The Morgan fingerprint density at radius 3 is 2.71 bits per heavy atom. The van der Waals surface area contributed by atoms with Crippen molar-refractivity contribution in [2.24, 2.45) is 0 Å². The summed E-state index contributed by atoms with van der Waals surface area (Å²) in [5.74, 6) is 0. The molecule has 0 spiro atoms. The smallest absolute Gasteiger partial charge is 0.0682 e. The Morgan fingerprint density at radius 1 is 1.21 bits per heavy atom. The molecule has 2 aromatic rings. The lowest BCUT2D eigenvalue weighted by molar-refractivity contribution is 1.10. The van der Waals surface area contributed by atoms with E-state index in [0.29, 0.717) is 0 Å². The first kappa shape index (κ1) is 9.46. The van der Waals surface area contributed by atoms with Crippen LogP contribution in [0.25, 0.3) is 11.3 Å². The van der Waals surface area contributed by atoms with Crippen LogP contribution in [0.1, 0.15) is 5.56 Å². The molecular formula is C11H11BrN2. The maximum absolute atomic E-state index is 4.07. The molecule has 0 atom stereocenters. The Hall–Kier alpha value is -1.09. The molecule has 0 radical (unpaired) electrons. The highest BCUT2D eigenvalue weighted by Crippen LogP contribution is 2.21. The first-order chi connectivity index (χ1) is 6.92. The normalized spacial score (nSPS) is 10.4. The van der Waals surface area contributed by atoms with Crippen LogP contribution in [-0.4, -0.2) is 15.5 Å². The summed E-state index contributed by atoms with van der Waals surface area (Å²) in [4.78, 5) is 0. The number of nitrogens with zero attached hydrogens (tertiary/aromatic N) is 1. The highest BCUT2D eigenvalue weighted by Gasteiger charge is 2.05. The molecule has 0 aliphatic heterocycles. The minimum atomic E-state index is 0.965. The van der Waals surface area contributed by atoms with Crippen molar-refractivity contribution in [3.05, 3.63) is 42.1 Å². The molecule has 1 aromatic heterocycles. The quantitative estimate of drug-likeness (QED) is 0.834. The second-order valence-electron chi connectivity index (χ2n) is 3.08. The van der Waals surface area contributed by atoms with Crippen molar-refractivity contribution in [3.8, 4) is 11.3 Å². The number of nitrogens with one attached hydrogen (secondary N) is 1. The maximum atomic E-state index is 4.07. The molecule has 0 saturated heterocycles. The Balaban J connectivity index is 2.37. The highest BCUT2D eigenvalue weighted by molar-refractivity contribution is 9.09. The van der Waals surface area contributed by atoms with Gasteiger partial charge in [-0.25, -0.2) is 0 Å². The Kier molecular flexibility index (Phi) is 2.99. The van der Waals surface area contributed by atoms with E-state index in [4.69, 9.17) is 0 Å². The number of halogens is 1. The van der Waals surface area contributed by atoms with E-state index in [9.17, 15) is 0 Å². The molecule has 0 saturated carbocycles. The third-order valence-electron chi connectivity index (χ3n) is 2.14. The van der Waals surface area contributed by atoms with Crippen LogP contribution in [0.2, 0.25) is 0 Å². The van der Waals surface area contributed by atoms with Crippen LogP contribution in [0.15, 0.2) is 36.5 Å². The number of hydrogen-bond acceptors (Lipinski definition) is 1. The van der Waals surface area contributed by atoms with Gasteiger partial charge in [-0.3, -0.25) is 5.10 Å². The first-order valence-corrected chi connectivity index (χ1v) is 5.67. The van der Waals surface area contributed by atoms with Crippen LogP contribution in [0.4, 0.5) is 0 Å². The van der Waals surface area contributed by atoms with Gasteiger partial charge in [-0.15, -0.1) is 0 Å². The van der Waals surface area contributed by atoms with Gasteiger partial charge in [0.15, 0.2) is 0 Å². The molecule has 72 valence electrons. The van der Waals surface area contributed by atoms with Crippen LogP contribution in [0.5, 0.6) is 0 Å². The standard InChI is InChI=1S/C11H11BrN2/c12-7-6-10-8-13-14-11(10)9-4-2-1-3-5-9/h1-5,8H,6-7H2,(H,13,14). The zero-order chi connectivity index (χ0) is 9.80.